The van der Waals surface area contributed by atoms with Gasteiger partial charge in [-0.1, -0.05) is 25.5 Å². The summed E-state index contributed by atoms with van der Waals surface area (Å²) in [5.41, 5.74) is 2.17. The van der Waals surface area contributed by atoms with Crippen LogP contribution in [0.2, 0.25) is 0 Å². The maximum Gasteiger partial charge on any atom is 0.158 e. The van der Waals surface area contributed by atoms with Gasteiger partial charge in [-0.15, -0.1) is 11.8 Å². The molecule has 0 aromatic heterocycles. The van der Waals surface area contributed by atoms with E-state index in [0.717, 1.165) is 36.8 Å². The Kier molecular flexibility index (Phi) is 5.71. The number of Topliss-reactive ketones (excluding diaryl/α,β-unsaturated/α-hetero) is 1. The van der Waals surface area contributed by atoms with Crippen LogP contribution < -0.4 is 0 Å². The summed E-state index contributed by atoms with van der Waals surface area (Å²) >= 11 is 1.91. The number of ketones is 1. The van der Waals surface area contributed by atoms with Crippen LogP contribution in [0.5, 0.6) is 0 Å². The number of benzene rings is 1. The standard InChI is InChI=1S/C17H22OS/c1-2-3-12-19-16-10-8-14(9-11-16)13-15-6-4-5-7-17(15)18/h8-11,13H,2-7,12H2,1H3/b15-13+. The van der Waals surface area contributed by atoms with Crippen molar-refractivity contribution in [1.29, 1.82) is 0 Å². The lowest BCUT2D eigenvalue weighted by Gasteiger charge is -2.12. The molecule has 1 fully saturated rings. The molecule has 1 aromatic carbocycles. The van der Waals surface area contributed by atoms with E-state index < -0.39 is 0 Å². The van der Waals surface area contributed by atoms with Gasteiger partial charge in [-0.3, -0.25) is 4.79 Å². The van der Waals surface area contributed by atoms with Crippen molar-refractivity contribution in [2.75, 3.05) is 5.75 Å². The highest BCUT2D eigenvalue weighted by atomic mass is 32.2. The zero-order valence-electron chi connectivity index (χ0n) is 11.7. The number of hydrogen-bond donors (Lipinski definition) is 0. The Morgan fingerprint density at radius 1 is 1.16 bits per heavy atom. The van der Waals surface area contributed by atoms with Crippen molar-refractivity contribution >= 4 is 23.6 Å². The fraction of sp³-hybridized carbons (Fsp3) is 0.471. The molecule has 2 rings (SSSR count). The summed E-state index contributed by atoms with van der Waals surface area (Å²) in [6.07, 6.45) is 8.49. The van der Waals surface area contributed by atoms with Crippen LogP contribution in [-0.4, -0.2) is 11.5 Å². The van der Waals surface area contributed by atoms with Crippen molar-refractivity contribution in [1.82, 2.24) is 0 Å². The quantitative estimate of drug-likeness (QED) is 0.422. The van der Waals surface area contributed by atoms with Crippen molar-refractivity contribution in [2.45, 2.75) is 50.3 Å². The third-order valence-electron chi connectivity index (χ3n) is 3.45. The molecule has 0 saturated heterocycles. The fourth-order valence-electron chi connectivity index (χ4n) is 2.25. The van der Waals surface area contributed by atoms with E-state index in [1.54, 1.807) is 0 Å². The molecule has 0 N–H and O–H groups in total. The minimum absolute atomic E-state index is 0.340. The zero-order valence-corrected chi connectivity index (χ0v) is 12.5. The Hall–Kier alpha value is -1.02. The lowest BCUT2D eigenvalue weighted by Crippen LogP contribution is -2.07. The summed E-state index contributed by atoms with van der Waals surface area (Å²) in [5.74, 6) is 1.53. The SMILES string of the molecule is CCCCSc1ccc(/C=C2\CCCCC2=O)cc1. The molecule has 1 aliphatic rings. The molecule has 1 aliphatic carbocycles. The van der Waals surface area contributed by atoms with E-state index in [2.05, 4.69) is 37.3 Å². The van der Waals surface area contributed by atoms with Gasteiger partial charge in [-0.2, -0.15) is 0 Å². The minimum Gasteiger partial charge on any atom is -0.295 e. The van der Waals surface area contributed by atoms with Crippen LogP contribution in [0.4, 0.5) is 0 Å². The Morgan fingerprint density at radius 2 is 1.89 bits per heavy atom. The molecule has 1 saturated carbocycles. The van der Waals surface area contributed by atoms with Crippen molar-refractivity contribution in [2.24, 2.45) is 0 Å². The number of hydrogen-bond acceptors (Lipinski definition) is 2. The molecule has 0 unspecified atom stereocenters. The predicted octanol–water partition coefficient (Wildman–Crippen LogP) is 5.11. The maximum absolute atomic E-state index is 11.8. The average molecular weight is 274 g/mol. The number of carbonyl (C=O) groups is 1. The zero-order chi connectivity index (χ0) is 13.5. The Labute approximate surface area is 120 Å². The Bertz CT molecular complexity index is 445. The molecule has 2 heteroatoms. The van der Waals surface area contributed by atoms with Crippen LogP contribution in [-0.2, 0) is 4.79 Å². The van der Waals surface area contributed by atoms with Gasteiger partial charge in [0.15, 0.2) is 5.78 Å². The van der Waals surface area contributed by atoms with Gasteiger partial charge in [-0.05, 0) is 60.8 Å². The summed E-state index contributed by atoms with van der Waals surface area (Å²) in [6.45, 7) is 2.22. The van der Waals surface area contributed by atoms with Crippen LogP contribution in [0.1, 0.15) is 51.0 Å². The number of unbranched alkanes of at least 4 members (excludes halogenated alkanes) is 1. The Balaban J connectivity index is 1.97. The number of allylic oxidation sites excluding steroid dienone is 1. The smallest absolute Gasteiger partial charge is 0.158 e. The van der Waals surface area contributed by atoms with Crippen LogP contribution in [0.15, 0.2) is 34.7 Å². The lowest BCUT2D eigenvalue weighted by molar-refractivity contribution is -0.116. The van der Waals surface area contributed by atoms with E-state index in [0.29, 0.717) is 5.78 Å². The van der Waals surface area contributed by atoms with E-state index in [-0.39, 0.29) is 0 Å². The summed E-state index contributed by atoms with van der Waals surface area (Å²) < 4.78 is 0. The lowest BCUT2D eigenvalue weighted by atomic mass is 9.92. The molecule has 0 bridgehead atoms. The van der Waals surface area contributed by atoms with E-state index in [1.807, 2.05) is 11.8 Å². The highest BCUT2D eigenvalue weighted by Gasteiger charge is 2.14. The molecule has 0 aliphatic heterocycles. The molecular formula is C17H22OS. The second-order valence-corrected chi connectivity index (χ2v) is 6.24. The molecule has 0 radical (unpaired) electrons. The van der Waals surface area contributed by atoms with Crippen LogP contribution in [0, 0.1) is 0 Å². The number of carbonyl (C=O) groups excluding carboxylic acids is 1. The molecular weight excluding hydrogens is 252 g/mol. The molecule has 0 spiro atoms. The molecule has 1 aromatic rings. The highest BCUT2D eigenvalue weighted by molar-refractivity contribution is 7.99. The molecule has 0 amide bonds. The van der Waals surface area contributed by atoms with E-state index in [9.17, 15) is 4.79 Å². The Morgan fingerprint density at radius 3 is 2.58 bits per heavy atom. The first-order valence-electron chi connectivity index (χ1n) is 7.26. The third-order valence-corrected chi connectivity index (χ3v) is 4.54. The first kappa shape index (κ1) is 14.4. The van der Waals surface area contributed by atoms with Gasteiger partial charge in [0.2, 0.25) is 0 Å². The van der Waals surface area contributed by atoms with Crippen molar-refractivity contribution in [3.63, 3.8) is 0 Å². The molecule has 1 nitrogen and oxygen atoms in total. The summed E-state index contributed by atoms with van der Waals surface area (Å²) in [5, 5.41) is 0. The van der Waals surface area contributed by atoms with Gasteiger partial charge in [0.1, 0.15) is 0 Å². The van der Waals surface area contributed by atoms with Crippen LogP contribution in [0.3, 0.4) is 0 Å². The monoisotopic (exact) mass is 274 g/mol. The van der Waals surface area contributed by atoms with E-state index in [4.69, 9.17) is 0 Å². The third kappa shape index (κ3) is 4.54. The van der Waals surface area contributed by atoms with Crippen molar-refractivity contribution in [3.05, 3.63) is 35.4 Å². The van der Waals surface area contributed by atoms with Gasteiger partial charge in [0.25, 0.3) is 0 Å². The summed E-state index contributed by atoms with van der Waals surface area (Å²) in [6, 6.07) is 8.59. The molecule has 19 heavy (non-hydrogen) atoms. The second-order valence-electron chi connectivity index (χ2n) is 5.07. The first-order valence-corrected chi connectivity index (χ1v) is 8.25. The summed E-state index contributed by atoms with van der Waals surface area (Å²) in [4.78, 5) is 13.1. The van der Waals surface area contributed by atoms with Gasteiger partial charge in [0.05, 0.1) is 0 Å². The van der Waals surface area contributed by atoms with Crippen LogP contribution >= 0.6 is 11.8 Å². The topological polar surface area (TPSA) is 17.1 Å². The molecule has 0 heterocycles. The van der Waals surface area contributed by atoms with Crippen LogP contribution in [0.25, 0.3) is 6.08 Å². The first-order chi connectivity index (χ1) is 9.29. The van der Waals surface area contributed by atoms with Crippen molar-refractivity contribution in [3.8, 4) is 0 Å². The van der Waals surface area contributed by atoms with Gasteiger partial charge >= 0.3 is 0 Å². The molecule has 102 valence electrons. The average Bonchev–Trinajstić information content (AvgIpc) is 2.44. The highest BCUT2D eigenvalue weighted by Crippen LogP contribution is 2.24. The largest absolute Gasteiger partial charge is 0.295 e. The van der Waals surface area contributed by atoms with Crippen molar-refractivity contribution < 1.29 is 4.79 Å². The number of thioether (sulfide) groups is 1. The minimum atomic E-state index is 0.340. The van der Waals surface area contributed by atoms with E-state index in [1.165, 1.54) is 23.5 Å². The van der Waals surface area contributed by atoms with Gasteiger partial charge in [-0.25, -0.2) is 0 Å². The molecule has 0 atom stereocenters. The predicted molar refractivity (Wildman–Crippen MR) is 83.5 cm³/mol. The van der Waals surface area contributed by atoms with Gasteiger partial charge in [0, 0.05) is 11.3 Å². The maximum atomic E-state index is 11.8. The fourth-order valence-corrected chi connectivity index (χ4v) is 3.25. The second kappa shape index (κ2) is 7.54. The van der Waals surface area contributed by atoms with E-state index >= 15 is 0 Å². The number of rotatable bonds is 5. The van der Waals surface area contributed by atoms with Gasteiger partial charge < -0.3 is 0 Å². The normalized spacial score (nSPS) is 17.9. The summed E-state index contributed by atoms with van der Waals surface area (Å²) in [7, 11) is 0.